The van der Waals surface area contributed by atoms with Crippen molar-refractivity contribution in [3.05, 3.63) is 29.3 Å². The van der Waals surface area contributed by atoms with Crippen LogP contribution in [0, 0.1) is 5.92 Å². The molecular formula is C13H16O3. The Labute approximate surface area is 95.0 Å². The molecule has 0 saturated heterocycles. The van der Waals surface area contributed by atoms with Crippen LogP contribution in [0.25, 0.3) is 0 Å². The Morgan fingerprint density at radius 2 is 2.19 bits per heavy atom. The van der Waals surface area contributed by atoms with E-state index >= 15 is 0 Å². The molecule has 0 bridgehead atoms. The summed E-state index contributed by atoms with van der Waals surface area (Å²) in [5.41, 5.74) is 2.66. The molecule has 86 valence electrons. The fraction of sp³-hybridized carbons (Fsp3) is 0.462. The molecular weight excluding hydrogens is 204 g/mol. The van der Waals surface area contributed by atoms with Gasteiger partial charge in [0.15, 0.2) is 0 Å². The summed E-state index contributed by atoms with van der Waals surface area (Å²) in [6.07, 6.45) is 3.04. The van der Waals surface area contributed by atoms with Gasteiger partial charge in [-0.05, 0) is 48.4 Å². The van der Waals surface area contributed by atoms with Crippen molar-refractivity contribution in [3.8, 4) is 5.75 Å². The van der Waals surface area contributed by atoms with E-state index in [-0.39, 0.29) is 6.42 Å². The number of hydrogen-bond donors (Lipinski definition) is 1. The molecule has 0 radical (unpaired) electrons. The number of ether oxygens (including phenoxy) is 1. The highest BCUT2D eigenvalue weighted by molar-refractivity contribution is 5.66. The molecule has 3 heteroatoms. The largest absolute Gasteiger partial charge is 0.497 e. The van der Waals surface area contributed by atoms with Crippen molar-refractivity contribution >= 4 is 5.97 Å². The molecule has 1 N–H and O–H groups in total. The van der Waals surface area contributed by atoms with E-state index in [0.29, 0.717) is 5.92 Å². The summed E-state index contributed by atoms with van der Waals surface area (Å²) in [5.74, 6) is 0.671. The number of carboxylic acid groups (broad SMARTS) is 1. The van der Waals surface area contributed by atoms with Gasteiger partial charge in [0.25, 0.3) is 0 Å². The standard InChI is InChI=1S/C13H16O3/c1-16-12-4-3-10-6-9(2-5-13(14)15)7-11(10)8-12/h3-4,8-9H,2,5-7H2,1H3,(H,14,15). The molecule has 0 fully saturated rings. The first-order valence-corrected chi connectivity index (χ1v) is 5.56. The number of aliphatic carboxylic acids is 1. The number of benzene rings is 1. The Morgan fingerprint density at radius 3 is 2.88 bits per heavy atom. The Hall–Kier alpha value is -1.51. The van der Waals surface area contributed by atoms with Gasteiger partial charge in [0.1, 0.15) is 5.75 Å². The number of hydrogen-bond acceptors (Lipinski definition) is 2. The molecule has 0 saturated carbocycles. The van der Waals surface area contributed by atoms with E-state index < -0.39 is 5.97 Å². The van der Waals surface area contributed by atoms with Crippen LogP contribution in [0.3, 0.4) is 0 Å². The second-order valence-electron chi connectivity index (χ2n) is 4.34. The lowest BCUT2D eigenvalue weighted by atomic mass is 10.0. The Bertz CT molecular complexity index is 398. The minimum absolute atomic E-state index is 0.274. The Balaban J connectivity index is 2.00. The highest BCUT2D eigenvalue weighted by Crippen LogP contribution is 2.31. The van der Waals surface area contributed by atoms with Crippen LogP contribution in [0.2, 0.25) is 0 Å². The highest BCUT2D eigenvalue weighted by atomic mass is 16.5. The van der Waals surface area contributed by atoms with Gasteiger partial charge in [0, 0.05) is 6.42 Å². The quantitative estimate of drug-likeness (QED) is 0.846. The monoisotopic (exact) mass is 220 g/mol. The third-order valence-corrected chi connectivity index (χ3v) is 3.20. The molecule has 0 aliphatic heterocycles. The van der Waals surface area contributed by atoms with Gasteiger partial charge in [-0.3, -0.25) is 4.79 Å². The van der Waals surface area contributed by atoms with Crippen molar-refractivity contribution in [2.24, 2.45) is 5.92 Å². The molecule has 1 aliphatic carbocycles. The predicted octanol–water partition coefficient (Wildman–Crippen LogP) is 2.27. The summed E-state index contributed by atoms with van der Waals surface area (Å²) in [6, 6.07) is 6.13. The first kappa shape index (κ1) is 11.0. The van der Waals surface area contributed by atoms with Crippen molar-refractivity contribution in [2.75, 3.05) is 7.11 Å². The van der Waals surface area contributed by atoms with Gasteiger partial charge < -0.3 is 9.84 Å². The van der Waals surface area contributed by atoms with E-state index in [1.807, 2.05) is 6.07 Å². The van der Waals surface area contributed by atoms with Crippen molar-refractivity contribution in [1.82, 2.24) is 0 Å². The summed E-state index contributed by atoms with van der Waals surface area (Å²) in [5, 5.41) is 8.65. The number of carbonyl (C=O) groups is 1. The predicted molar refractivity (Wildman–Crippen MR) is 60.8 cm³/mol. The molecule has 3 nitrogen and oxygen atoms in total. The maximum Gasteiger partial charge on any atom is 0.303 e. The van der Waals surface area contributed by atoms with E-state index in [2.05, 4.69) is 12.1 Å². The molecule has 0 spiro atoms. The SMILES string of the molecule is COc1ccc2c(c1)CC(CCC(=O)O)C2. The van der Waals surface area contributed by atoms with Gasteiger partial charge in [0.05, 0.1) is 7.11 Å². The molecule has 1 aromatic carbocycles. The molecule has 2 rings (SSSR count). The summed E-state index contributed by atoms with van der Waals surface area (Å²) < 4.78 is 5.18. The lowest BCUT2D eigenvalue weighted by molar-refractivity contribution is -0.137. The van der Waals surface area contributed by atoms with Crippen molar-refractivity contribution in [3.63, 3.8) is 0 Å². The average Bonchev–Trinajstić information content (AvgIpc) is 2.67. The second kappa shape index (κ2) is 4.56. The van der Waals surface area contributed by atoms with Crippen LogP contribution in [0.5, 0.6) is 5.75 Å². The topological polar surface area (TPSA) is 46.5 Å². The van der Waals surface area contributed by atoms with Gasteiger partial charge in [-0.1, -0.05) is 6.07 Å². The van der Waals surface area contributed by atoms with Gasteiger partial charge in [-0.2, -0.15) is 0 Å². The molecule has 0 aromatic heterocycles. The molecule has 1 atom stereocenters. The number of fused-ring (bicyclic) bond motifs is 1. The summed E-state index contributed by atoms with van der Waals surface area (Å²) in [7, 11) is 1.67. The van der Waals surface area contributed by atoms with Crippen LogP contribution in [0.1, 0.15) is 24.0 Å². The third-order valence-electron chi connectivity index (χ3n) is 3.20. The fourth-order valence-corrected chi connectivity index (χ4v) is 2.34. The average molecular weight is 220 g/mol. The third kappa shape index (κ3) is 2.35. The van der Waals surface area contributed by atoms with Crippen molar-refractivity contribution in [1.29, 1.82) is 0 Å². The van der Waals surface area contributed by atoms with E-state index in [1.54, 1.807) is 7.11 Å². The van der Waals surface area contributed by atoms with Crippen LogP contribution in [-0.2, 0) is 17.6 Å². The van der Waals surface area contributed by atoms with Crippen molar-refractivity contribution in [2.45, 2.75) is 25.7 Å². The minimum Gasteiger partial charge on any atom is -0.497 e. The maximum absolute atomic E-state index is 10.5. The van der Waals surface area contributed by atoms with E-state index in [9.17, 15) is 4.79 Å². The van der Waals surface area contributed by atoms with Crippen LogP contribution < -0.4 is 4.74 Å². The van der Waals surface area contributed by atoms with E-state index in [4.69, 9.17) is 9.84 Å². The summed E-state index contributed by atoms with van der Waals surface area (Å²) >= 11 is 0. The zero-order valence-corrected chi connectivity index (χ0v) is 9.40. The minimum atomic E-state index is -0.700. The Kier molecular flexibility index (Phi) is 3.13. The Morgan fingerprint density at radius 1 is 1.44 bits per heavy atom. The van der Waals surface area contributed by atoms with Crippen molar-refractivity contribution < 1.29 is 14.6 Å². The molecule has 0 heterocycles. The summed E-state index contributed by atoms with van der Waals surface area (Å²) in [6.45, 7) is 0. The van der Waals surface area contributed by atoms with Gasteiger partial charge in [0.2, 0.25) is 0 Å². The summed E-state index contributed by atoms with van der Waals surface area (Å²) in [4.78, 5) is 10.5. The van der Waals surface area contributed by atoms with Crippen LogP contribution in [-0.4, -0.2) is 18.2 Å². The van der Waals surface area contributed by atoms with Gasteiger partial charge >= 0.3 is 5.97 Å². The van der Waals surface area contributed by atoms with Gasteiger partial charge in [-0.25, -0.2) is 0 Å². The van der Waals surface area contributed by atoms with Gasteiger partial charge in [-0.15, -0.1) is 0 Å². The van der Waals surface area contributed by atoms with E-state index in [0.717, 1.165) is 25.0 Å². The van der Waals surface area contributed by atoms with E-state index in [1.165, 1.54) is 11.1 Å². The fourth-order valence-electron chi connectivity index (χ4n) is 2.34. The first-order valence-electron chi connectivity index (χ1n) is 5.56. The highest BCUT2D eigenvalue weighted by Gasteiger charge is 2.22. The number of methoxy groups -OCH3 is 1. The molecule has 16 heavy (non-hydrogen) atoms. The normalized spacial score (nSPS) is 18.2. The zero-order valence-electron chi connectivity index (χ0n) is 9.40. The van der Waals surface area contributed by atoms with Crippen LogP contribution in [0.15, 0.2) is 18.2 Å². The number of carboxylic acids is 1. The van der Waals surface area contributed by atoms with Crippen LogP contribution >= 0.6 is 0 Å². The maximum atomic E-state index is 10.5. The lowest BCUT2D eigenvalue weighted by Gasteiger charge is -2.05. The smallest absolute Gasteiger partial charge is 0.303 e. The molecule has 1 unspecified atom stereocenters. The lowest BCUT2D eigenvalue weighted by Crippen LogP contribution is -2.03. The molecule has 1 aromatic rings. The molecule has 1 aliphatic rings. The van der Waals surface area contributed by atoms with Crippen LogP contribution in [0.4, 0.5) is 0 Å². The zero-order chi connectivity index (χ0) is 11.5. The second-order valence-corrected chi connectivity index (χ2v) is 4.34. The number of rotatable bonds is 4. The first-order chi connectivity index (χ1) is 7.69. The molecule has 0 amide bonds.